The maximum absolute atomic E-state index is 12.7. The first-order chi connectivity index (χ1) is 13.8. The Balaban J connectivity index is 1.40. The summed E-state index contributed by atoms with van der Waals surface area (Å²) >= 11 is 0. The van der Waals surface area contributed by atoms with Gasteiger partial charge in [-0.15, -0.1) is 5.10 Å². The molecule has 1 aliphatic rings. The lowest BCUT2D eigenvalue weighted by Crippen LogP contribution is -2.12. The molecule has 0 unspecified atom stereocenters. The topological polar surface area (TPSA) is 68.0 Å². The van der Waals surface area contributed by atoms with Crippen LogP contribution in [-0.4, -0.2) is 16.1 Å². The van der Waals surface area contributed by atoms with Crippen LogP contribution in [0.3, 0.4) is 0 Å². The number of anilines is 1. The number of carbonyl (C=O) groups excluding carboxylic acids is 1. The Kier molecular flexibility index (Phi) is 4.13. The lowest BCUT2D eigenvalue weighted by Gasteiger charge is -2.15. The molecule has 3 aromatic carbocycles. The average Bonchev–Trinajstić information content (AvgIpc) is 3.21. The summed E-state index contributed by atoms with van der Waals surface area (Å²) in [6.07, 6.45) is 4.68. The maximum Gasteiger partial charge on any atom is 0.322 e. The Bertz CT molecular complexity index is 1170. The Labute approximate surface area is 162 Å². The number of rotatable bonds is 3. The van der Waals surface area contributed by atoms with Crippen LogP contribution in [-0.2, 0) is 12.8 Å². The molecule has 0 atom stereocenters. The molecule has 0 saturated heterocycles. The fourth-order valence-corrected chi connectivity index (χ4v) is 3.84. The zero-order chi connectivity index (χ0) is 18.9. The van der Waals surface area contributed by atoms with Crippen molar-refractivity contribution in [2.75, 3.05) is 5.32 Å². The lowest BCUT2D eigenvalue weighted by molar-refractivity contribution is 0.102. The van der Waals surface area contributed by atoms with E-state index in [4.69, 9.17) is 4.42 Å². The molecule has 28 heavy (non-hydrogen) atoms. The summed E-state index contributed by atoms with van der Waals surface area (Å²) in [4.78, 5) is 12.7. The minimum absolute atomic E-state index is 0.102. The summed E-state index contributed by atoms with van der Waals surface area (Å²) in [5, 5.41) is 12.7. The first-order valence-corrected chi connectivity index (χ1v) is 9.53. The number of carbonyl (C=O) groups is 1. The normalized spacial score (nSPS) is 13.3. The van der Waals surface area contributed by atoms with Crippen molar-refractivity contribution < 1.29 is 9.21 Å². The van der Waals surface area contributed by atoms with Gasteiger partial charge in [0.1, 0.15) is 0 Å². The van der Waals surface area contributed by atoms with Crippen molar-refractivity contribution in [2.24, 2.45) is 0 Å². The Morgan fingerprint density at radius 3 is 2.64 bits per heavy atom. The van der Waals surface area contributed by atoms with Gasteiger partial charge in [0.25, 0.3) is 5.91 Å². The number of nitrogens with zero attached hydrogens (tertiary/aromatic N) is 2. The van der Waals surface area contributed by atoms with Crippen LogP contribution in [0.2, 0.25) is 0 Å². The van der Waals surface area contributed by atoms with Crippen LogP contribution in [0.15, 0.2) is 65.1 Å². The van der Waals surface area contributed by atoms with Gasteiger partial charge in [-0.25, -0.2) is 0 Å². The molecule has 1 amide bonds. The fourth-order valence-electron chi connectivity index (χ4n) is 3.84. The van der Waals surface area contributed by atoms with Crippen molar-refractivity contribution in [1.82, 2.24) is 10.2 Å². The highest BCUT2D eigenvalue weighted by Crippen LogP contribution is 2.28. The zero-order valence-electron chi connectivity index (χ0n) is 15.3. The van der Waals surface area contributed by atoms with Crippen LogP contribution >= 0.6 is 0 Å². The number of benzene rings is 3. The van der Waals surface area contributed by atoms with Crippen LogP contribution in [0, 0.1) is 0 Å². The number of hydrogen-bond acceptors (Lipinski definition) is 4. The molecule has 1 aromatic heterocycles. The molecule has 1 N–H and O–H groups in total. The van der Waals surface area contributed by atoms with Crippen LogP contribution in [0.25, 0.3) is 22.2 Å². The van der Waals surface area contributed by atoms with E-state index in [-0.39, 0.29) is 11.9 Å². The van der Waals surface area contributed by atoms with Gasteiger partial charge < -0.3 is 4.42 Å². The summed E-state index contributed by atoms with van der Waals surface area (Å²) in [6.45, 7) is 0. The molecule has 4 aromatic rings. The predicted molar refractivity (Wildman–Crippen MR) is 108 cm³/mol. The maximum atomic E-state index is 12.7. The Morgan fingerprint density at radius 1 is 0.893 bits per heavy atom. The SMILES string of the molecule is O=C(Nc1nnc(-c2ccc3c(c2)CCCC3)o1)c1cccc2ccccc12. The van der Waals surface area contributed by atoms with Crippen molar-refractivity contribution in [3.63, 3.8) is 0 Å². The predicted octanol–water partition coefficient (Wildman–Crippen LogP) is 5.02. The van der Waals surface area contributed by atoms with Crippen LogP contribution in [0.4, 0.5) is 6.01 Å². The first-order valence-electron chi connectivity index (χ1n) is 9.53. The van der Waals surface area contributed by atoms with Gasteiger partial charge in [-0.3, -0.25) is 10.1 Å². The van der Waals surface area contributed by atoms with Gasteiger partial charge in [0.05, 0.1) is 0 Å². The van der Waals surface area contributed by atoms with E-state index in [1.54, 1.807) is 6.07 Å². The summed E-state index contributed by atoms with van der Waals surface area (Å²) in [5.74, 6) is 0.152. The van der Waals surface area contributed by atoms with Gasteiger partial charge >= 0.3 is 6.01 Å². The molecule has 0 radical (unpaired) electrons. The first kappa shape index (κ1) is 16.7. The zero-order valence-corrected chi connectivity index (χ0v) is 15.3. The van der Waals surface area contributed by atoms with E-state index in [2.05, 4.69) is 27.6 Å². The van der Waals surface area contributed by atoms with E-state index in [1.165, 1.54) is 24.0 Å². The smallest absolute Gasteiger partial charge is 0.322 e. The van der Waals surface area contributed by atoms with E-state index < -0.39 is 0 Å². The molecule has 0 spiro atoms. The molecular formula is C23H19N3O2. The molecule has 0 bridgehead atoms. The molecule has 0 fully saturated rings. The third-order valence-electron chi connectivity index (χ3n) is 5.28. The third-order valence-corrected chi connectivity index (χ3v) is 5.28. The largest absolute Gasteiger partial charge is 0.403 e. The molecule has 0 aliphatic heterocycles. The van der Waals surface area contributed by atoms with E-state index in [0.29, 0.717) is 11.5 Å². The second-order valence-corrected chi connectivity index (χ2v) is 7.08. The van der Waals surface area contributed by atoms with Gasteiger partial charge in [-0.2, -0.15) is 0 Å². The summed E-state index contributed by atoms with van der Waals surface area (Å²) in [6, 6.07) is 19.8. The molecular weight excluding hydrogens is 350 g/mol. The molecule has 1 aliphatic carbocycles. The van der Waals surface area contributed by atoms with Crippen LogP contribution in [0.5, 0.6) is 0 Å². The number of hydrogen-bond donors (Lipinski definition) is 1. The summed E-state index contributed by atoms with van der Waals surface area (Å²) in [5.41, 5.74) is 4.22. The number of nitrogens with one attached hydrogen (secondary N) is 1. The van der Waals surface area contributed by atoms with Gasteiger partial charge in [0.15, 0.2) is 0 Å². The molecule has 5 heteroatoms. The van der Waals surface area contributed by atoms with Crippen LogP contribution < -0.4 is 5.32 Å². The summed E-state index contributed by atoms with van der Waals surface area (Å²) < 4.78 is 5.71. The Hall–Kier alpha value is -3.47. The highest BCUT2D eigenvalue weighted by Gasteiger charge is 2.16. The highest BCUT2D eigenvalue weighted by molar-refractivity contribution is 6.12. The number of amides is 1. The minimum Gasteiger partial charge on any atom is -0.403 e. The fraction of sp³-hybridized carbons (Fsp3) is 0.174. The molecule has 0 saturated carbocycles. The van der Waals surface area contributed by atoms with Crippen molar-refractivity contribution in [2.45, 2.75) is 25.7 Å². The number of aromatic nitrogens is 2. The van der Waals surface area contributed by atoms with Crippen molar-refractivity contribution >= 4 is 22.7 Å². The van der Waals surface area contributed by atoms with Gasteiger partial charge in [0.2, 0.25) is 5.89 Å². The van der Waals surface area contributed by atoms with Gasteiger partial charge in [-0.1, -0.05) is 47.6 Å². The van der Waals surface area contributed by atoms with Gasteiger partial charge in [-0.05, 0) is 65.8 Å². The average molecular weight is 369 g/mol. The third kappa shape index (κ3) is 3.05. The summed E-state index contributed by atoms with van der Waals surface area (Å²) in [7, 11) is 0. The minimum atomic E-state index is -0.266. The molecule has 5 rings (SSSR count). The monoisotopic (exact) mass is 369 g/mol. The number of aryl methyl sites for hydroxylation is 2. The van der Waals surface area contributed by atoms with Crippen molar-refractivity contribution in [3.05, 3.63) is 77.4 Å². The van der Waals surface area contributed by atoms with Gasteiger partial charge in [0, 0.05) is 11.1 Å². The van der Waals surface area contributed by atoms with E-state index in [1.807, 2.05) is 42.5 Å². The second-order valence-electron chi connectivity index (χ2n) is 7.08. The van der Waals surface area contributed by atoms with Crippen molar-refractivity contribution in [3.8, 4) is 11.5 Å². The quantitative estimate of drug-likeness (QED) is 0.550. The molecule has 5 nitrogen and oxygen atoms in total. The second kappa shape index (κ2) is 6.93. The molecule has 1 heterocycles. The van der Waals surface area contributed by atoms with Crippen LogP contribution in [0.1, 0.15) is 34.3 Å². The number of fused-ring (bicyclic) bond motifs is 2. The highest BCUT2D eigenvalue weighted by atomic mass is 16.4. The standard InChI is InChI=1S/C23H19N3O2/c27-21(20-11-5-9-16-7-3-4-10-19(16)20)24-23-26-25-22(28-23)18-13-12-15-6-1-2-8-17(15)14-18/h3-5,7,9-14H,1-2,6,8H2,(H,24,26,27). The van der Waals surface area contributed by atoms with Crippen molar-refractivity contribution in [1.29, 1.82) is 0 Å². The van der Waals surface area contributed by atoms with E-state index >= 15 is 0 Å². The van der Waals surface area contributed by atoms with E-state index in [0.717, 1.165) is 29.2 Å². The van der Waals surface area contributed by atoms with E-state index in [9.17, 15) is 4.79 Å². The Morgan fingerprint density at radius 2 is 1.71 bits per heavy atom. The molecule has 138 valence electrons. The lowest BCUT2D eigenvalue weighted by atomic mass is 9.90.